The zero-order valence-corrected chi connectivity index (χ0v) is 10.2. The van der Waals surface area contributed by atoms with E-state index in [1.807, 2.05) is 49.3 Å². The van der Waals surface area contributed by atoms with Crippen molar-refractivity contribution < 1.29 is 9.21 Å². The highest BCUT2D eigenvalue weighted by molar-refractivity contribution is 5.92. The Bertz CT molecular complexity index is 541. The highest BCUT2D eigenvalue weighted by atomic mass is 16.3. The molecule has 0 atom stereocenters. The van der Waals surface area contributed by atoms with E-state index in [0.29, 0.717) is 5.76 Å². The van der Waals surface area contributed by atoms with Crippen molar-refractivity contribution in [3.05, 3.63) is 42.2 Å². The van der Waals surface area contributed by atoms with E-state index in [9.17, 15) is 4.79 Å². The van der Waals surface area contributed by atoms with Crippen LogP contribution in [0.5, 0.6) is 0 Å². The third-order valence-corrected chi connectivity index (χ3v) is 2.60. The fourth-order valence-electron chi connectivity index (χ4n) is 1.74. The van der Waals surface area contributed by atoms with Gasteiger partial charge in [0.1, 0.15) is 5.76 Å². The molecule has 3 heteroatoms. The van der Waals surface area contributed by atoms with Gasteiger partial charge in [0.2, 0.25) is 0 Å². The van der Waals surface area contributed by atoms with Gasteiger partial charge >= 0.3 is 0 Å². The van der Waals surface area contributed by atoms with Crippen molar-refractivity contribution in [1.29, 1.82) is 0 Å². The molecule has 0 fully saturated rings. The first-order valence-electron chi connectivity index (χ1n) is 5.47. The van der Waals surface area contributed by atoms with E-state index in [0.717, 1.165) is 17.0 Å². The van der Waals surface area contributed by atoms with Crippen LogP contribution in [0.2, 0.25) is 0 Å². The number of nitrogens with zero attached hydrogens (tertiary/aromatic N) is 1. The zero-order chi connectivity index (χ0) is 12.4. The molecule has 0 saturated carbocycles. The van der Waals surface area contributed by atoms with Crippen LogP contribution >= 0.6 is 0 Å². The molecule has 0 bridgehead atoms. The number of furan rings is 1. The largest absolute Gasteiger partial charge is 0.453 e. The summed E-state index contributed by atoms with van der Waals surface area (Å²) in [5, 5.41) is 0. The van der Waals surface area contributed by atoms with Crippen molar-refractivity contribution in [2.24, 2.45) is 0 Å². The summed E-state index contributed by atoms with van der Waals surface area (Å²) < 4.78 is 5.55. The molecule has 0 aliphatic carbocycles. The molecule has 2 aromatic rings. The van der Waals surface area contributed by atoms with Crippen molar-refractivity contribution in [2.45, 2.75) is 6.92 Å². The average molecular weight is 229 g/mol. The molecule has 3 nitrogen and oxygen atoms in total. The lowest BCUT2D eigenvalue weighted by Crippen LogP contribution is -2.09. The average Bonchev–Trinajstić information content (AvgIpc) is 2.78. The predicted molar refractivity (Wildman–Crippen MR) is 68.5 cm³/mol. The van der Waals surface area contributed by atoms with Crippen molar-refractivity contribution in [2.75, 3.05) is 19.0 Å². The van der Waals surface area contributed by atoms with Crippen LogP contribution in [-0.2, 0) is 0 Å². The van der Waals surface area contributed by atoms with E-state index in [1.54, 1.807) is 6.07 Å². The topological polar surface area (TPSA) is 33.5 Å². The quantitative estimate of drug-likeness (QED) is 0.758. The van der Waals surface area contributed by atoms with Gasteiger partial charge in [0, 0.05) is 32.3 Å². The summed E-state index contributed by atoms with van der Waals surface area (Å²) in [5.41, 5.74) is 2.06. The number of hydrogen-bond acceptors (Lipinski definition) is 3. The molecule has 0 N–H and O–H groups in total. The highest BCUT2D eigenvalue weighted by Gasteiger charge is 2.12. The van der Waals surface area contributed by atoms with E-state index in [1.165, 1.54) is 6.92 Å². The first-order valence-corrected chi connectivity index (χ1v) is 5.47. The van der Waals surface area contributed by atoms with Crippen LogP contribution in [0.15, 0.2) is 40.8 Å². The lowest BCUT2D eigenvalue weighted by Gasteiger charge is -2.15. The van der Waals surface area contributed by atoms with Crippen LogP contribution in [-0.4, -0.2) is 19.9 Å². The Morgan fingerprint density at radius 3 is 2.41 bits per heavy atom. The summed E-state index contributed by atoms with van der Waals surface area (Å²) in [4.78, 5) is 13.2. The summed E-state index contributed by atoms with van der Waals surface area (Å²) in [6, 6.07) is 11.5. The Labute approximate surface area is 101 Å². The van der Waals surface area contributed by atoms with Crippen molar-refractivity contribution >= 4 is 11.5 Å². The minimum Gasteiger partial charge on any atom is -0.453 e. The SMILES string of the molecule is CC(=O)c1ccc(-c2ccccc2N(C)C)o1. The second-order valence-electron chi connectivity index (χ2n) is 4.13. The van der Waals surface area contributed by atoms with Crippen LogP contribution in [0.25, 0.3) is 11.3 Å². The second-order valence-corrected chi connectivity index (χ2v) is 4.13. The fraction of sp³-hybridized carbons (Fsp3) is 0.214. The number of ketones is 1. The number of rotatable bonds is 3. The Morgan fingerprint density at radius 2 is 1.82 bits per heavy atom. The number of Topliss-reactive ketones (excluding diaryl/α,β-unsaturated/α-hetero) is 1. The first kappa shape index (κ1) is 11.5. The van der Waals surface area contributed by atoms with Gasteiger partial charge in [0.25, 0.3) is 0 Å². The van der Waals surface area contributed by atoms with E-state index in [2.05, 4.69) is 0 Å². The number of benzene rings is 1. The Balaban J connectivity index is 2.48. The number of para-hydroxylation sites is 1. The normalized spacial score (nSPS) is 10.3. The lowest BCUT2D eigenvalue weighted by molar-refractivity contribution is 0.0988. The Hall–Kier alpha value is -2.03. The Kier molecular flexibility index (Phi) is 3.00. The van der Waals surface area contributed by atoms with Gasteiger partial charge in [-0.3, -0.25) is 4.79 Å². The van der Waals surface area contributed by atoms with E-state index in [4.69, 9.17) is 4.42 Å². The van der Waals surface area contributed by atoms with Crippen LogP contribution < -0.4 is 4.90 Å². The molecule has 0 saturated heterocycles. The number of anilines is 1. The molecule has 2 rings (SSSR count). The number of carbonyl (C=O) groups is 1. The predicted octanol–water partition coefficient (Wildman–Crippen LogP) is 3.22. The molecule has 0 radical (unpaired) electrons. The van der Waals surface area contributed by atoms with Crippen molar-refractivity contribution in [3.63, 3.8) is 0 Å². The van der Waals surface area contributed by atoms with Gasteiger partial charge in [-0.05, 0) is 24.3 Å². The molecule has 0 amide bonds. The summed E-state index contributed by atoms with van der Waals surface area (Å²) in [6.07, 6.45) is 0. The summed E-state index contributed by atoms with van der Waals surface area (Å²) in [7, 11) is 3.96. The molecule has 1 aromatic carbocycles. The second kappa shape index (κ2) is 4.45. The van der Waals surface area contributed by atoms with Gasteiger partial charge in [-0.1, -0.05) is 12.1 Å². The van der Waals surface area contributed by atoms with Gasteiger partial charge in [0.05, 0.1) is 0 Å². The van der Waals surface area contributed by atoms with Crippen LogP contribution in [0.3, 0.4) is 0 Å². The maximum absolute atomic E-state index is 11.2. The fourth-order valence-corrected chi connectivity index (χ4v) is 1.74. The van der Waals surface area contributed by atoms with Gasteiger partial charge in [-0.25, -0.2) is 0 Å². The third kappa shape index (κ3) is 2.23. The number of carbonyl (C=O) groups excluding carboxylic acids is 1. The molecule has 0 unspecified atom stereocenters. The molecule has 0 aliphatic rings. The Morgan fingerprint density at radius 1 is 1.12 bits per heavy atom. The maximum atomic E-state index is 11.2. The van der Waals surface area contributed by atoms with E-state index in [-0.39, 0.29) is 5.78 Å². The molecule has 0 aliphatic heterocycles. The maximum Gasteiger partial charge on any atom is 0.194 e. The monoisotopic (exact) mass is 229 g/mol. The van der Waals surface area contributed by atoms with Gasteiger partial charge in [-0.15, -0.1) is 0 Å². The van der Waals surface area contributed by atoms with Gasteiger partial charge in [-0.2, -0.15) is 0 Å². The molecular weight excluding hydrogens is 214 g/mol. The van der Waals surface area contributed by atoms with Crippen LogP contribution in [0.4, 0.5) is 5.69 Å². The van der Waals surface area contributed by atoms with E-state index < -0.39 is 0 Å². The summed E-state index contributed by atoms with van der Waals surface area (Å²) in [6.45, 7) is 1.50. The van der Waals surface area contributed by atoms with Crippen molar-refractivity contribution in [3.8, 4) is 11.3 Å². The van der Waals surface area contributed by atoms with Gasteiger partial charge in [0.15, 0.2) is 11.5 Å². The minimum absolute atomic E-state index is 0.0569. The minimum atomic E-state index is -0.0569. The summed E-state index contributed by atoms with van der Waals surface area (Å²) in [5.74, 6) is 1.06. The highest BCUT2D eigenvalue weighted by Crippen LogP contribution is 2.30. The smallest absolute Gasteiger partial charge is 0.194 e. The van der Waals surface area contributed by atoms with Crippen LogP contribution in [0, 0.1) is 0 Å². The molecule has 1 heterocycles. The molecule has 17 heavy (non-hydrogen) atoms. The van der Waals surface area contributed by atoms with Crippen LogP contribution in [0.1, 0.15) is 17.5 Å². The molecule has 1 aromatic heterocycles. The first-order chi connectivity index (χ1) is 8.09. The van der Waals surface area contributed by atoms with Gasteiger partial charge < -0.3 is 9.32 Å². The molecular formula is C14H15NO2. The summed E-state index contributed by atoms with van der Waals surface area (Å²) >= 11 is 0. The zero-order valence-electron chi connectivity index (χ0n) is 10.2. The van der Waals surface area contributed by atoms with E-state index >= 15 is 0 Å². The standard InChI is InChI=1S/C14H15NO2/c1-10(16)13-8-9-14(17-13)11-6-4-5-7-12(11)15(2)3/h4-9H,1-3H3. The third-order valence-electron chi connectivity index (χ3n) is 2.60. The molecule has 88 valence electrons. The van der Waals surface area contributed by atoms with Crippen molar-refractivity contribution in [1.82, 2.24) is 0 Å². The number of hydrogen-bond donors (Lipinski definition) is 0. The molecule has 0 spiro atoms. The lowest BCUT2D eigenvalue weighted by atomic mass is 10.1.